The number of carbonyl (C=O) groups excluding carboxylic acids is 1. The number of amides is 1. The van der Waals surface area contributed by atoms with Gasteiger partial charge >= 0.3 is 0 Å². The summed E-state index contributed by atoms with van der Waals surface area (Å²) in [5.74, 6) is 0.314. The van der Waals surface area contributed by atoms with Crippen LogP contribution < -0.4 is 5.32 Å². The highest BCUT2D eigenvalue weighted by molar-refractivity contribution is 7.09. The zero-order valence-corrected chi connectivity index (χ0v) is 14.6. The first-order chi connectivity index (χ1) is 10.6. The van der Waals surface area contributed by atoms with Crippen molar-refractivity contribution in [3.8, 4) is 0 Å². The van der Waals surface area contributed by atoms with Gasteiger partial charge in [-0.2, -0.15) is 0 Å². The maximum absolute atomic E-state index is 12.0. The van der Waals surface area contributed by atoms with Crippen molar-refractivity contribution in [2.24, 2.45) is 0 Å². The molecule has 0 aliphatic carbocycles. The first-order valence-electron chi connectivity index (χ1n) is 8.14. The monoisotopic (exact) mass is 325 g/mol. The van der Waals surface area contributed by atoms with E-state index in [2.05, 4.69) is 36.0 Å². The number of aromatic nitrogens is 1. The fourth-order valence-electron chi connectivity index (χ4n) is 2.54. The molecule has 1 aromatic heterocycles. The normalized spacial score (nSPS) is 20.1. The molecule has 1 aliphatic rings. The molecule has 1 aliphatic heterocycles. The Morgan fingerprint density at radius 1 is 1.59 bits per heavy atom. The minimum Gasteiger partial charge on any atom is -0.377 e. The summed E-state index contributed by atoms with van der Waals surface area (Å²) in [4.78, 5) is 18.8. The smallest absolute Gasteiger partial charge is 0.270 e. The van der Waals surface area contributed by atoms with Crippen LogP contribution in [0.25, 0.3) is 0 Å². The van der Waals surface area contributed by atoms with E-state index >= 15 is 0 Å². The summed E-state index contributed by atoms with van der Waals surface area (Å²) in [6, 6.07) is 0. The molecule has 5 nitrogen and oxygen atoms in total. The van der Waals surface area contributed by atoms with Gasteiger partial charge in [-0.05, 0) is 26.3 Å². The molecule has 1 fully saturated rings. The molecule has 0 unspecified atom stereocenters. The lowest BCUT2D eigenvalue weighted by Crippen LogP contribution is -2.33. The second-order valence-electron chi connectivity index (χ2n) is 6.17. The van der Waals surface area contributed by atoms with Crippen LogP contribution >= 0.6 is 11.3 Å². The van der Waals surface area contributed by atoms with Crippen LogP contribution in [0.1, 0.15) is 55.0 Å². The van der Waals surface area contributed by atoms with Gasteiger partial charge in [0.25, 0.3) is 5.91 Å². The van der Waals surface area contributed by atoms with E-state index in [-0.39, 0.29) is 5.91 Å². The molecule has 1 saturated heterocycles. The Hall–Kier alpha value is -0.980. The Bertz CT molecular complexity index is 476. The van der Waals surface area contributed by atoms with E-state index in [9.17, 15) is 4.79 Å². The third-order valence-corrected chi connectivity index (χ3v) is 4.87. The van der Waals surface area contributed by atoms with Crippen molar-refractivity contribution in [3.63, 3.8) is 0 Å². The first kappa shape index (κ1) is 17.4. The molecule has 1 N–H and O–H groups in total. The van der Waals surface area contributed by atoms with Gasteiger partial charge in [0.2, 0.25) is 0 Å². The van der Waals surface area contributed by atoms with Gasteiger partial charge in [-0.1, -0.05) is 13.8 Å². The van der Waals surface area contributed by atoms with Crippen molar-refractivity contribution in [2.45, 2.75) is 45.6 Å². The van der Waals surface area contributed by atoms with Gasteiger partial charge in [0.1, 0.15) is 5.69 Å². The van der Waals surface area contributed by atoms with Crippen LogP contribution in [0, 0.1) is 0 Å². The maximum Gasteiger partial charge on any atom is 0.270 e. The van der Waals surface area contributed by atoms with Gasteiger partial charge in [-0.15, -0.1) is 11.3 Å². The third kappa shape index (κ3) is 5.34. The minimum atomic E-state index is -0.0595. The zero-order chi connectivity index (χ0) is 15.9. The number of nitrogens with one attached hydrogen (secondary N) is 1. The van der Waals surface area contributed by atoms with E-state index in [1.54, 1.807) is 11.3 Å². The number of carbonyl (C=O) groups is 1. The molecule has 124 valence electrons. The maximum atomic E-state index is 12.0. The first-order valence-corrected chi connectivity index (χ1v) is 9.02. The summed E-state index contributed by atoms with van der Waals surface area (Å²) in [6.45, 7) is 10.9. The molecule has 0 aromatic carbocycles. The van der Waals surface area contributed by atoms with E-state index in [1.165, 1.54) is 0 Å². The van der Waals surface area contributed by atoms with E-state index in [0.29, 0.717) is 24.3 Å². The molecular weight excluding hydrogens is 298 g/mol. The van der Waals surface area contributed by atoms with Gasteiger partial charge in [0.05, 0.1) is 11.1 Å². The average molecular weight is 325 g/mol. The number of hydrogen-bond acceptors (Lipinski definition) is 5. The lowest BCUT2D eigenvalue weighted by molar-refractivity contribution is 0.0675. The second kappa shape index (κ2) is 8.60. The molecule has 0 bridgehead atoms. The Kier molecular flexibility index (Phi) is 6.79. The van der Waals surface area contributed by atoms with Crippen molar-refractivity contribution in [3.05, 3.63) is 16.1 Å². The van der Waals surface area contributed by atoms with Crippen LogP contribution in [-0.4, -0.2) is 54.7 Å². The Morgan fingerprint density at radius 2 is 2.41 bits per heavy atom. The number of nitrogens with zero attached hydrogens (tertiary/aromatic N) is 2. The summed E-state index contributed by atoms with van der Waals surface area (Å²) >= 11 is 1.56. The van der Waals surface area contributed by atoms with E-state index in [4.69, 9.17) is 4.74 Å². The summed E-state index contributed by atoms with van der Waals surface area (Å²) < 4.78 is 5.64. The Balaban J connectivity index is 1.68. The number of rotatable bonds is 6. The second-order valence-corrected chi connectivity index (χ2v) is 7.06. The standard InChI is InChI=1S/C16H27N3O2S/c1-12(2)16-18-14(11-22-16)15(20)17-6-4-7-19-8-5-9-21-13(3)10-19/h11-13H,4-10H2,1-3H3,(H,17,20)/t13-/m0/s1. The van der Waals surface area contributed by atoms with Crippen LogP contribution in [-0.2, 0) is 4.74 Å². The van der Waals surface area contributed by atoms with E-state index < -0.39 is 0 Å². The molecule has 6 heteroatoms. The predicted octanol–water partition coefficient (Wildman–Crippen LogP) is 2.50. The highest BCUT2D eigenvalue weighted by atomic mass is 32.1. The molecule has 0 radical (unpaired) electrons. The average Bonchev–Trinajstić information content (AvgIpc) is 2.89. The van der Waals surface area contributed by atoms with E-state index in [1.807, 2.05) is 5.38 Å². The summed E-state index contributed by atoms with van der Waals surface area (Å²) in [7, 11) is 0. The third-order valence-electron chi connectivity index (χ3n) is 3.72. The molecule has 2 rings (SSSR count). The van der Waals surface area contributed by atoms with Crippen molar-refractivity contribution in [2.75, 3.05) is 32.8 Å². The lowest BCUT2D eigenvalue weighted by atomic mass is 10.2. The topological polar surface area (TPSA) is 54.5 Å². The fourth-order valence-corrected chi connectivity index (χ4v) is 3.35. The largest absolute Gasteiger partial charge is 0.377 e. The zero-order valence-electron chi connectivity index (χ0n) is 13.8. The summed E-state index contributed by atoms with van der Waals surface area (Å²) in [5.41, 5.74) is 0.547. The fraction of sp³-hybridized carbons (Fsp3) is 0.750. The number of thiazole rings is 1. The molecule has 2 heterocycles. The molecule has 1 atom stereocenters. The van der Waals surface area contributed by atoms with Crippen LogP contribution in [0.4, 0.5) is 0 Å². The van der Waals surface area contributed by atoms with Crippen molar-refractivity contribution < 1.29 is 9.53 Å². The highest BCUT2D eigenvalue weighted by Crippen LogP contribution is 2.18. The Morgan fingerprint density at radius 3 is 3.14 bits per heavy atom. The number of ether oxygens (including phenoxy) is 1. The molecule has 1 aromatic rings. The molecule has 1 amide bonds. The van der Waals surface area contributed by atoms with Gasteiger partial charge in [-0.25, -0.2) is 4.98 Å². The molecule has 0 saturated carbocycles. The molecule has 22 heavy (non-hydrogen) atoms. The van der Waals surface area contributed by atoms with Crippen molar-refractivity contribution in [1.82, 2.24) is 15.2 Å². The lowest BCUT2D eigenvalue weighted by Gasteiger charge is -2.21. The highest BCUT2D eigenvalue weighted by Gasteiger charge is 2.15. The van der Waals surface area contributed by atoms with Crippen molar-refractivity contribution in [1.29, 1.82) is 0 Å². The minimum absolute atomic E-state index is 0.0595. The SMILES string of the molecule is CC(C)c1nc(C(=O)NCCCN2CCCO[C@@H](C)C2)cs1. The van der Waals surface area contributed by atoms with Gasteiger partial charge in [0.15, 0.2) is 0 Å². The number of hydrogen-bond donors (Lipinski definition) is 1. The quantitative estimate of drug-likeness (QED) is 0.817. The predicted molar refractivity (Wildman–Crippen MR) is 89.6 cm³/mol. The molecule has 0 spiro atoms. The van der Waals surface area contributed by atoms with Crippen LogP contribution in [0.15, 0.2) is 5.38 Å². The summed E-state index contributed by atoms with van der Waals surface area (Å²) in [5, 5.41) is 5.83. The molecular formula is C16H27N3O2S. The van der Waals surface area contributed by atoms with E-state index in [0.717, 1.165) is 44.1 Å². The van der Waals surface area contributed by atoms with Crippen LogP contribution in [0.2, 0.25) is 0 Å². The summed E-state index contributed by atoms with van der Waals surface area (Å²) in [6.07, 6.45) is 2.36. The van der Waals surface area contributed by atoms with Crippen LogP contribution in [0.5, 0.6) is 0 Å². The van der Waals surface area contributed by atoms with Gasteiger partial charge in [0, 0.05) is 37.5 Å². The van der Waals surface area contributed by atoms with Crippen molar-refractivity contribution >= 4 is 17.2 Å². The van der Waals surface area contributed by atoms with Gasteiger partial charge < -0.3 is 15.0 Å². The Labute approximate surface area is 137 Å². The van der Waals surface area contributed by atoms with Crippen LogP contribution in [0.3, 0.4) is 0 Å². The van der Waals surface area contributed by atoms with Gasteiger partial charge in [-0.3, -0.25) is 4.79 Å².